The lowest BCUT2D eigenvalue weighted by molar-refractivity contribution is -0.279. The highest BCUT2D eigenvalue weighted by Crippen LogP contribution is 2.43. The topological polar surface area (TPSA) is 399 Å². The van der Waals surface area contributed by atoms with Gasteiger partial charge in [-0.3, -0.25) is 38.1 Å². The Balaban J connectivity index is 3.43. The number of phosphoric acid groups is 1. The van der Waals surface area contributed by atoms with Crippen LogP contribution in [0.2, 0.25) is 0 Å². The van der Waals surface area contributed by atoms with Crippen molar-refractivity contribution < 1.29 is 111 Å². The third-order valence-electron chi connectivity index (χ3n) is 24.4. The third kappa shape index (κ3) is 72.9. The van der Waals surface area contributed by atoms with Crippen LogP contribution in [0.1, 0.15) is 490 Å². The molecule has 746 valence electrons. The largest absolute Gasteiger partial charge is 0.470 e. The number of nitrogens with one attached hydrogen (secondary N) is 2. The number of aldehydes is 1. The second kappa shape index (κ2) is 85.9. The average Bonchev–Trinajstić information content (AvgIpc) is 0.777. The number of nitrogens with two attached hydrogens (primary N) is 1. The average molecular weight is 1830 g/mol. The lowest BCUT2D eigenvalue weighted by Crippen LogP contribution is -2.66. The summed E-state index contributed by atoms with van der Waals surface area (Å²) in [6, 6.07) is -3.53. The van der Waals surface area contributed by atoms with Gasteiger partial charge in [0.25, 0.3) is 0 Å². The van der Waals surface area contributed by atoms with Gasteiger partial charge in [-0.1, -0.05) is 381 Å². The number of aliphatic hydroxyl groups excluding tert-OH is 4. The molecule has 0 bridgehead atoms. The molecule has 27 heteroatoms. The molecule has 26 nitrogen and oxygen atoms in total. The highest BCUT2D eigenvalue weighted by molar-refractivity contribution is 7.46. The van der Waals surface area contributed by atoms with Crippen molar-refractivity contribution in [2.24, 2.45) is 5.73 Å². The Labute approximate surface area is 769 Å². The molecule has 1 saturated heterocycles. The number of hydrogen-bond donors (Lipinski definition) is 9. The number of amides is 2. The van der Waals surface area contributed by atoms with Crippen LogP contribution in [0.3, 0.4) is 0 Å². The van der Waals surface area contributed by atoms with Crippen LogP contribution in [0.15, 0.2) is 0 Å². The van der Waals surface area contributed by atoms with Crippen LogP contribution in [0.5, 0.6) is 0 Å². The van der Waals surface area contributed by atoms with Crippen molar-refractivity contribution in [3.63, 3.8) is 0 Å². The molecule has 1 fully saturated rings. The molecule has 2 amide bonds. The number of hydrogen-bond acceptors (Lipinski definition) is 22. The van der Waals surface area contributed by atoms with Crippen LogP contribution in [-0.4, -0.2) is 178 Å². The van der Waals surface area contributed by atoms with Crippen LogP contribution >= 0.6 is 7.82 Å². The van der Waals surface area contributed by atoms with Gasteiger partial charge < -0.3 is 84.5 Å². The monoisotopic (exact) mass is 1830 g/mol. The predicted molar refractivity (Wildman–Crippen MR) is 502 cm³/mol. The van der Waals surface area contributed by atoms with E-state index in [-0.39, 0.29) is 50.3 Å². The minimum Gasteiger partial charge on any atom is -0.466 e. The van der Waals surface area contributed by atoms with Crippen LogP contribution in [-0.2, 0) is 80.6 Å². The first-order valence-corrected chi connectivity index (χ1v) is 53.5. The van der Waals surface area contributed by atoms with Gasteiger partial charge in [0.05, 0.1) is 44.9 Å². The quantitative estimate of drug-likeness (QED) is 0.00898. The van der Waals surface area contributed by atoms with E-state index < -0.39 is 131 Å². The van der Waals surface area contributed by atoms with Crippen LogP contribution in [0.25, 0.3) is 0 Å². The Bertz CT molecular complexity index is 2680. The summed E-state index contributed by atoms with van der Waals surface area (Å²) < 4.78 is 59.7. The van der Waals surface area contributed by atoms with Crippen molar-refractivity contribution in [2.45, 2.75) is 557 Å². The minimum atomic E-state index is -5.57. The van der Waals surface area contributed by atoms with Crippen LogP contribution in [0.4, 0.5) is 0 Å². The summed E-state index contributed by atoms with van der Waals surface area (Å²) in [6.07, 6.45) is 48.1. The molecular formula is C100H188N3O23P. The maximum atomic E-state index is 14.4. The Morgan fingerprint density at radius 3 is 1.09 bits per heavy atom. The van der Waals surface area contributed by atoms with Gasteiger partial charge in [0.1, 0.15) is 49.4 Å². The molecule has 0 saturated carbocycles. The van der Waals surface area contributed by atoms with Crippen LogP contribution in [0, 0.1) is 0 Å². The normalized spacial score (nSPS) is 16.7. The predicted octanol–water partition coefficient (Wildman–Crippen LogP) is 21.4. The summed E-state index contributed by atoms with van der Waals surface area (Å²) in [5.74, 6) is -4.31. The van der Waals surface area contributed by atoms with Crippen molar-refractivity contribution in [1.29, 1.82) is 0 Å². The smallest absolute Gasteiger partial charge is 0.466 e. The highest BCUT2D eigenvalue weighted by atomic mass is 31.2. The molecule has 1 rings (SSSR count). The van der Waals surface area contributed by atoms with Crippen molar-refractivity contribution in [3.8, 4) is 0 Å². The lowest BCUT2D eigenvalue weighted by Gasteiger charge is -2.45. The summed E-state index contributed by atoms with van der Waals surface area (Å²) in [4.78, 5) is 129. The summed E-state index contributed by atoms with van der Waals surface area (Å²) in [6.45, 7) is 8.34. The fraction of sp³-hybridized carbons (Fsp3) is 0.920. The van der Waals surface area contributed by atoms with E-state index in [0.717, 1.165) is 218 Å². The van der Waals surface area contributed by atoms with Gasteiger partial charge in [0.2, 0.25) is 11.8 Å². The Hall–Kier alpha value is -4.21. The molecule has 0 radical (unpaired) electrons. The van der Waals surface area contributed by atoms with E-state index in [4.69, 9.17) is 43.4 Å². The molecule has 127 heavy (non-hydrogen) atoms. The maximum Gasteiger partial charge on any atom is 0.470 e. The lowest BCUT2D eigenvalue weighted by atomic mass is 9.95. The van der Waals surface area contributed by atoms with E-state index >= 15 is 0 Å². The van der Waals surface area contributed by atoms with Crippen molar-refractivity contribution in [1.82, 2.24) is 10.6 Å². The molecule has 11 unspecified atom stereocenters. The van der Waals surface area contributed by atoms with Gasteiger partial charge in [-0.25, -0.2) is 4.57 Å². The molecule has 0 aromatic heterocycles. The fourth-order valence-corrected chi connectivity index (χ4v) is 17.1. The highest BCUT2D eigenvalue weighted by Gasteiger charge is 2.53. The van der Waals surface area contributed by atoms with E-state index in [0.29, 0.717) is 90.4 Å². The molecule has 0 aromatic carbocycles. The van der Waals surface area contributed by atoms with Gasteiger partial charge in [-0.2, -0.15) is 0 Å². The molecule has 1 aliphatic rings. The number of carbonyl (C=O) groups excluding carboxylic acids is 8. The molecule has 1 aliphatic heterocycles. The first-order chi connectivity index (χ1) is 61.6. The number of ether oxygens (including phenoxy) is 7. The zero-order valence-electron chi connectivity index (χ0n) is 80.5. The minimum absolute atomic E-state index is 0.0771. The zero-order valence-corrected chi connectivity index (χ0v) is 81.4. The molecule has 10 N–H and O–H groups in total. The number of phosphoric ester groups is 1. The van der Waals surface area contributed by atoms with E-state index in [1.807, 2.05) is 0 Å². The third-order valence-corrected chi connectivity index (χ3v) is 24.9. The fourth-order valence-electron chi connectivity index (χ4n) is 16.5. The number of aliphatic hydroxyl groups is 4. The summed E-state index contributed by atoms with van der Waals surface area (Å²) >= 11 is 0. The maximum absolute atomic E-state index is 14.4. The first kappa shape index (κ1) is 121. The van der Waals surface area contributed by atoms with Gasteiger partial charge in [-0.15, -0.1) is 0 Å². The molecule has 0 aromatic rings. The molecule has 0 spiro atoms. The number of unbranched alkanes of at least 4 members (excludes halogenated alkanes) is 56. The van der Waals surface area contributed by atoms with Crippen molar-refractivity contribution in [2.75, 3.05) is 33.0 Å². The van der Waals surface area contributed by atoms with Gasteiger partial charge in [0.15, 0.2) is 18.5 Å². The SMILES string of the molecule is CCCCCCCCCCCCCC(=O)OCCCCCCCCCCCCCC(=O)OC1C(NC(=O)CCCCCCCCCCCCCOC(=O)CCCCCCCCCCC)C(OCC(O)C(O)C(OC(=O)CC(O)CCCCCCCCCCC)C(C=O)NC(=O)CC(O)CCCCCCCCCCC)OC(COC(=O)CCCCCN)C1OP(=O)(O)O. The van der Waals surface area contributed by atoms with E-state index in [1.54, 1.807) is 0 Å². The standard InChI is InChI=1S/C100H188N3O23P/c1-5-9-13-17-21-25-28-37-45-53-62-72-91(111)120-77-67-56-48-40-32-27-30-38-46-54-63-74-93(113)124-99-95(103-88(108)70-60-51-43-36-29-26-31-39-47-55-66-76-119-90(110)71-61-52-44-35-24-20-16-12-8-4)100(123-87(98(99)126-127(116,117)118)82-121-92(112)73-64-57-65-75-101)122-81-86(107)96(115)97(125-94(114)79-84(106)69-59-50-42-34-23-19-15-11-7-3)85(80-104)102-89(109)78-83(105)68-58-49-41-33-22-18-14-10-6-2/h80,83-87,95-100,105-107,115H,5-79,81-82,101H2,1-4H3,(H,102,109)(H,103,108)(H2,116,117,118). The number of esters is 5. The summed E-state index contributed by atoms with van der Waals surface area (Å²) in [7, 11) is -5.57. The van der Waals surface area contributed by atoms with Crippen molar-refractivity contribution >= 4 is 55.8 Å². The zero-order chi connectivity index (χ0) is 93.1. The molecular weight excluding hydrogens is 1640 g/mol. The number of carbonyl (C=O) groups is 8. The molecule has 1 heterocycles. The Kier molecular flexibility index (Phi) is 81.7. The van der Waals surface area contributed by atoms with Gasteiger partial charge in [0, 0.05) is 32.1 Å². The Morgan fingerprint density at radius 2 is 0.724 bits per heavy atom. The van der Waals surface area contributed by atoms with Crippen molar-refractivity contribution in [3.05, 3.63) is 0 Å². The second-order valence-corrected chi connectivity index (χ2v) is 37.7. The second-order valence-electron chi connectivity index (χ2n) is 36.5. The van der Waals surface area contributed by atoms with Gasteiger partial charge in [-0.05, 0) is 70.8 Å². The number of rotatable bonds is 94. The van der Waals surface area contributed by atoms with E-state index in [1.165, 1.54) is 128 Å². The molecule has 11 atom stereocenters. The van der Waals surface area contributed by atoms with Crippen LogP contribution < -0.4 is 16.4 Å². The summed E-state index contributed by atoms with van der Waals surface area (Å²) in [5, 5.41) is 51.6. The van der Waals surface area contributed by atoms with Gasteiger partial charge >= 0.3 is 37.7 Å². The summed E-state index contributed by atoms with van der Waals surface area (Å²) in [5.41, 5.74) is 5.70. The first-order valence-electron chi connectivity index (χ1n) is 52.0. The molecule has 0 aliphatic carbocycles. The van der Waals surface area contributed by atoms with E-state index in [2.05, 4.69) is 38.3 Å². The van der Waals surface area contributed by atoms with E-state index in [9.17, 15) is 73.1 Å². The Morgan fingerprint density at radius 1 is 0.394 bits per heavy atom.